The minimum absolute atomic E-state index is 0.162. The lowest BCUT2D eigenvalue weighted by molar-refractivity contribution is 0.533. The minimum Gasteiger partial charge on any atom is -0.382 e. The summed E-state index contributed by atoms with van der Waals surface area (Å²) in [5.41, 5.74) is 12.4. The predicted octanol–water partition coefficient (Wildman–Crippen LogP) is 3.75. The fourth-order valence-corrected chi connectivity index (χ4v) is 5.98. The molecule has 0 radical (unpaired) electrons. The second-order valence-corrected chi connectivity index (χ2v) is 9.44. The molecule has 0 bridgehead atoms. The largest absolute Gasteiger partial charge is 0.382 e. The van der Waals surface area contributed by atoms with Gasteiger partial charge >= 0.3 is 0 Å². The zero-order valence-electron chi connectivity index (χ0n) is 16.7. The fraction of sp³-hybridized carbons (Fsp3) is 0.318. The van der Waals surface area contributed by atoms with E-state index in [1.54, 1.807) is 30.7 Å². The Morgan fingerprint density at radius 2 is 2.00 bits per heavy atom. The van der Waals surface area contributed by atoms with Crippen molar-refractivity contribution in [2.45, 2.75) is 21.8 Å². The molecule has 2 aromatic heterocycles. The number of fused-ring (bicyclic) bond motifs is 1. The van der Waals surface area contributed by atoms with Crippen molar-refractivity contribution in [3.8, 4) is 0 Å². The molecule has 2 aliphatic rings. The third kappa shape index (κ3) is 3.43. The van der Waals surface area contributed by atoms with Gasteiger partial charge in [0.1, 0.15) is 22.5 Å². The van der Waals surface area contributed by atoms with Crippen molar-refractivity contribution in [1.82, 2.24) is 15.0 Å². The fourth-order valence-electron chi connectivity index (χ4n) is 4.99. The predicted molar refractivity (Wildman–Crippen MR) is 121 cm³/mol. The Morgan fingerprint density at radius 1 is 1.16 bits per heavy atom. The molecule has 3 atom stereocenters. The van der Waals surface area contributed by atoms with Crippen molar-refractivity contribution in [2.75, 3.05) is 30.3 Å². The number of nitrogen functional groups attached to an aromatic ring is 1. The molecule has 0 unspecified atom stereocenters. The van der Waals surface area contributed by atoms with Crippen LogP contribution in [0.25, 0.3) is 0 Å². The molecular formula is C22H22ClFN6S. The highest BCUT2D eigenvalue weighted by Gasteiger charge is 2.66. The summed E-state index contributed by atoms with van der Waals surface area (Å²) in [6.07, 6.45) is 6.08. The van der Waals surface area contributed by atoms with Crippen LogP contribution in [-0.2, 0) is 5.41 Å². The molecule has 0 spiro atoms. The number of hydrogen-bond donors (Lipinski definition) is 2. The summed E-state index contributed by atoms with van der Waals surface area (Å²) in [6.45, 7) is 2.10. The molecule has 31 heavy (non-hydrogen) atoms. The van der Waals surface area contributed by atoms with Gasteiger partial charge in [0.2, 0.25) is 0 Å². The summed E-state index contributed by atoms with van der Waals surface area (Å²) in [5, 5.41) is 1.14. The molecule has 1 aliphatic carbocycles. The summed E-state index contributed by atoms with van der Waals surface area (Å²) in [4.78, 5) is 16.1. The molecule has 1 aromatic carbocycles. The van der Waals surface area contributed by atoms with Crippen LogP contribution < -0.4 is 16.4 Å². The van der Waals surface area contributed by atoms with Gasteiger partial charge in [-0.05, 0) is 36.0 Å². The van der Waals surface area contributed by atoms with Crippen LogP contribution in [0.4, 0.5) is 16.0 Å². The van der Waals surface area contributed by atoms with Crippen LogP contribution in [0.3, 0.4) is 0 Å². The van der Waals surface area contributed by atoms with E-state index in [1.807, 2.05) is 12.1 Å². The summed E-state index contributed by atoms with van der Waals surface area (Å²) in [5.74, 6) is 1.67. The van der Waals surface area contributed by atoms with Crippen LogP contribution in [-0.4, -0.2) is 34.6 Å². The Hall–Kier alpha value is -2.42. The van der Waals surface area contributed by atoms with Crippen LogP contribution in [0.15, 0.2) is 58.8 Å². The smallest absolute Gasteiger partial charge is 0.147 e. The van der Waals surface area contributed by atoms with Gasteiger partial charge in [-0.1, -0.05) is 41.6 Å². The second-order valence-electron chi connectivity index (χ2n) is 8.00. The van der Waals surface area contributed by atoms with E-state index in [4.69, 9.17) is 23.1 Å². The molecule has 3 heterocycles. The highest BCUT2D eigenvalue weighted by Crippen LogP contribution is 2.63. The number of anilines is 2. The van der Waals surface area contributed by atoms with Crippen LogP contribution in [0, 0.1) is 17.7 Å². The molecule has 6 nitrogen and oxygen atoms in total. The quantitative estimate of drug-likeness (QED) is 0.603. The number of nitrogens with zero attached hydrogens (tertiary/aromatic N) is 4. The number of hydrogen-bond acceptors (Lipinski definition) is 7. The van der Waals surface area contributed by atoms with E-state index in [9.17, 15) is 4.39 Å². The van der Waals surface area contributed by atoms with Crippen molar-refractivity contribution in [3.05, 3.63) is 65.3 Å². The van der Waals surface area contributed by atoms with Gasteiger partial charge in [-0.3, -0.25) is 0 Å². The topological polar surface area (TPSA) is 94.0 Å². The van der Waals surface area contributed by atoms with Gasteiger partial charge in [0.15, 0.2) is 0 Å². The van der Waals surface area contributed by atoms with Crippen molar-refractivity contribution in [3.63, 3.8) is 0 Å². The number of nitrogens with two attached hydrogens (primary N) is 2. The number of pyridine rings is 1. The highest BCUT2D eigenvalue weighted by molar-refractivity contribution is 7.99. The number of rotatable bonds is 5. The number of piperidine rings is 1. The molecule has 0 amide bonds. The Bertz CT molecular complexity index is 1110. The molecule has 1 saturated heterocycles. The molecule has 4 N–H and O–H groups in total. The van der Waals surface area contributed by atoms with Crippen LogP contribution in [0.2, 0.25) is 5.02 Å². The Kier molecular flexibility index (Phi) is 5.24. The highest BCUT2D eigenvalue weighted by atomic mass is 35.5. The van der Waals surface area contributed by atoms with Gasteiger partial charge in [0.05, 0.1) is 17.4 Å². The first-order chi connectivity index (χ1) is 15.0. The maximum absolute atomic E-state index is 14.5. The SMILES string of the molecule is NC[C@]1(c2ccccc2F)[C@@H]2CCN(c3cnc(Sc4ccnc(N)c4Cl)cn3)C[C@@H]21. The lowest BCUT2D eigenvalue weighted by Gasteiger charge is -2.27. The van der Waals surface area contributed by atoms with E-state index >= 15 is 0 Å². The average Bonchev–Trinajstić information content (AvgIpc) is 3.45. The third-order valence-corrected chi connectivity index (χ3v) is 8.06. The first-order valence-corrected chi connectivity index (χ1v) is 11.3. The lowest BCUT2D eigenvalue weighted by Crippen LogP contribution is -2.32. The molecule has 160 valence electrons. The van der Waals surface area contributed by atoms with E-state index in [1.165, 1.54) is 17.8 Å². The molecule has 1 saturated carbocycles. The first kappa shape index (κ1) is 20.5. The summed E-state index contributed by atoms with van der Waals surface area (Å²) in [7, 11) is 0. The van der Waals surface area contributed by atoms with E-state index in [-0.39, 0.29) is 11.2 Å². The van der Waals surface area contributed by atoms with Crippen LogP contribution in [0.1, 0.15) is 12.0 Å². The molecular weight excluding hydrogens is 435 g/mol. The lowest BCUT2D eigenvalue weighted by atomic mass is 9.91. The maximum atomic E-state index is 14.5. The maximum Gasteiger partial charge on any atom is 0.147 e. The zero-order chi connectivity index (χ0) is 21.6. The van der Waals surface area contributed by atoms with E-state index in [0.717, 1.165) is 40.8 Å². The number of benzene rings is 1. The van der Waals surface area contributed by atoms with E-state index < -0.39 is 0 Å². The average molecular weight is 457 g/mol. The van der Waals surface area contributed by atoms with Gasteiger partial charge < -0.3 is 16.4 Å². The van der Waals surface area contributed by atoms with Crippen molar-refractivity contribution >= 4 is 35.0 Å². The first-order valence-electron chi connectivity index (χ1n) is 10.1. The third-order valence-electron chi connectivity index (χ3n) is 6.57. The van der Waals surface area contributed by atoms with Gasteiger partial charge in [-0.25, -0.2) is 19.3 Å². The normalized spacial score (nSPS) is 24.7. The number of aromatic nitrogens is 3. The van der Waals surface area contributed by atoms with Crippen LogP contribution in [0.5, 0.6) is 0 Å². The Morgan fingerprint density at radius 3 is 2.74 bits per heavy atom. The summed E-state index contributed by atoms with van der Waals surface area (Å²) < 4.78 is 14.5. The molecule has 9 heteroatoms. The Balaban J connectivity index is 1.31. The monoisotopic (exact) mass is 456 g/mol. The van der Waals surface area contributed by atoms with Gasteiger partial charge in [-0.15, -0.1) is 0 Å². The molecule has 1 aliphatic heterocycles. The Labute approximate surface area is 189 Å². The molecule has 3 aromatic rings. The van der Waals surface area contributed by atoms with Crippen LogP contribution >= 0.6 is 23.4 Å². The van der Waals surface area contributed by atoms with Crippen molar-refractivity contribution < 1.29 is 4.39 Å². The zero-order valence-corrected chi connectivity index (χ0v) is 18.3. The van der Waals surface area contributed by atoms with E-state index in [0.29, 0.717) is 29.2 Å². The molecule has 5 rings (SSSR count). The standard InChI is InChI=1S/C22H22ClFN6S/c23-20-17(5-7-27-21(20)26)31-19-10-28-18(9-29-19)30-8-6-13-15(11-30)22(13,12-25)14-3-1-2-4-16(14)24/h1-5,7,9-10,13,15H,6,8,11-12,25H2,(H2,26,27)/t13-,15+,22-/m1/s1. The second kappa shape index (κ2) is 7.93. The van der Waals surface area contributed by atoms with Gasteiger partial charge in [0.25, 0.3) is 0 Å². The summed E-state index contributed by atoms with van der Waals surface area (Å²) in [6, 6.07) is 8.82. The van der Waals surface area contributed by atoms with Crippen molar-refractivity contribution in [2.24, 2.45) is 17.6 Å². The summed E-state index contributed by atoms with van der Waals surface area (Å²) >= 11 is 7.61. The van der Waals surface area contributed by atoms with E-state index in [2.05, 4.69) is 19.9 Å². The van der Waals surface area contributed by atoms with Gasteiger partial charge in [0, 0.05) is 36.1 Å². The van der Waals surface area contributed by atoms with Gasteiger partial charge in [-0.2, -0.15) is 0 Å². The minimum atomic E-state index is -0.276. The number of halogens is 2. The van der Waals surface area contributed by atoms with Crippen molar-refractivity contribution in [1.29, 1.82) is 0 Å². The molecule has 2 fully saturated rings.